The first-order valence-corrected chi connectivity index (χ1v) is 7.90. The van der Waals surface area contributed by atoms with Gasteiger partial charge in [0.15, 0.2) is 6.04 Å². The molecule has 3 unspecified atom stereocenters. The second-order valence-electron chi connectivity index (χ2n) is 6.50. The van der Waals surface area contributed by atoms with E-state index >= 15 is 0 Å². The lowest BCUT2D eigenvalue weighted by atomic mass is 9.91. The van der Waals surface area contributed by atoms with Gasteiger partial charge in [0.05, 0.1) is 7.05 Å². The molecule has 22 heavy (non-hydrogen) atoms. The Morgan fingerprint density at radius 1 is 0.955 bits per heavy atom. The maximum absolute atomic E-state index is 12.5. The molecule has 1 saturated heterocycles. The average molecular weight is 290 g/mol. The van der Waals surface area contributed by atoms with E-state index in [-0.39, 0.29) is 11.8 Å². The zero-order chi connectivity index (χ0) is 15.2. The van der Waals surface area contributed by atoms with Crippen LogP contribution in [0, 0.1) is 0 Å². The Morgan fingerprint density at radius 2 is 1.59 bits per heavy atom. The maximum Gasteiger partial charge on any atom is 0.213 e. The van der Waals surface area contributed by atoms with Gasteiger partial charge in [-0.25, -0.2) is 0 Å². The molecule has 0 saturated carbocycles. The van der Waals surface area contributed by atoms with Crippen molar-refractivity contribution in [1.82, 2.24) is 4.48 Å². The van der Waals surface area contributed by atoms with Gasteiger partial charge in [-0.1, -0.05) is 48.5 Å². The standard InChI is InChI=1S/C20H20NO/c1-21(16-10-6-3-7-11-16)18-12-13-20(22)19(21)14-17(18)15-8-4-2-5-9-15/h2-13,17-19H,14H2,1H3/q+1/t17-,18?,19?,21?/m0/s1. The van der Waals surface area contributed by atoms with Crippen molar-refractivity contribution in [3.63, 3.8) is 0 Å². The van der Waals surface area contributed by atoms with Gasteiger partial charge in [0.25, 0.3) is 0 Å². The summed E-state index contributed by atoms with van der Waals surface area (Å²) in [4.78, 5) is 12.5. The van der Waals surface area contributed by atoms with Gasteiger partial charge in [-0.05, 0) is 29.8 Å². The van der Waals surface area contributed by atoms with Crippen molar-refractivity contribution in [2.24, 2.45) is 0 Å². The summed E-state index contributed by atoms with van der Waals surface area (Å²) in [5, 5.41) is 0. The number of carbonyl (C=O) groups excluding carboxylic acids is 1. The molecule has 2 nitrogen and oxygen atoms in total. The second kappa shape index (κ2) is 4.92. The van der Waals surface area contributed by atoms with Crippen molar-refractivity contribution in [3.8, 4) is 0 Å². The molecular weight excluding hydrogens is 270 g/mol. The quantitative estimate of drug-likeness (QED) is 0.771. The van der Waals surface area contributed by atoms with Gasteiger partial charge < -0.3 is 0 Å². The maximum atomic E-state index is 12.5. The van der Waals surface area contributed by atoms with Crippen LogP contribution in [0.25, 0.3) is 0 Å². The molecule has 2 aromatic rings. The number of carbonyl (C=O) groups is 1. The minimum Gasteiger partial charge on any atom is -0.288 e. The van der Waals surface area contributed by atoms with Crippen LogP contribution in [0.15, 0.2) is 72.8 Å². The molecule has 0 aromatic heterocycles. The van der Waals surface area contributed by atoms with E-state index in [0.717, 1.165) is 6.42 Å². The summed E-state index contributed by atoms with van der Waals surface area (Å²) in [6, 6.07) is 21.5. The second-order valence-corrected chi connectivity index (χ2v) is 6.50. The van der Waals surface area contributed by atoms with Crippen molar-refractivity contribution >= 4 is 11.5 Å². The number of ketones is 1. The number of fused-ring (bicyclic) bond motifs is 2. The van der Waals surface area contributed by atoms with Gasteiger partial charge in [0.1, 0.15) is 11.7 Å². The summed E-state index contributed by atoms with van der Waals surface area (Å²) in [6.45, 7) is 0. The number of rotatable bonds is 2. The van der Waals surface area contributed by atoms with E-state index in [1.54, 1.807) is 6.08 Å². The van der Waals surface area contributed by atoms with Crippen molar-refractivity contribution in [2.45, 2.75) is 24.4 Å². The molecule has 4 atom stereocenters. The lowest BCUT2D eigenvalue weighted by Crippen LogP contribution is -2.59. The first kappa shape index (κ1) is 13.5. The lowest BCUT2D eigenvalue weighted by molar-refractivity contribution is -0.118. The molecule has 2 aromatic carbocycles. The molecule has 0 spiro atoms. The Hall–Kier alpha value is -2.19. The molecule has 0 aliphatic carbocycles. The third kappa shape index (κ3) is 1.80. The fourth-order valence-corrected chi connectivity index (χ4v) is 4.31. The van der Waals surface area contributed by atoms with E-state index in [0.29, 0.717) is 16.4 Å². The summed E-state index contributed by atoms with van der Waals surface area (Å²) in [5.41, 5.74) is 2.57. The monoisotopic (exact) mass is 290 g/mol. The summed E-state index contributed by atoms with van der Waals surface area (Å²) in [6.07, 6.45) is 4.86. The zero-order valence-electron chi connectivity index (χ0n) is 12.7. The summed E-state index contributed by atoms with van der Waals surface area (Å²) in [7, 11) is 2.22. The van der Waals surface area contributed by atoms with E-state index in [2.05, 4.69) is 67.7 Å². The van der Waals surface area contributed by atoms with Gasteiger partial charge in [-0.2, -0.15) is 0 Å². The Labute approximate surface area is 131 Å². The summed E-state index contributed by atoms with van der Waals surface area (Å²) < 4.78 is 0.704. The minimum atomic E-state index is 0.0302. The van der Waals surface area contributed by atoms with Crippen LogP contribution in [0.3, 0.4) is 0 Å². The van der Waals surface area contributed by atoms with Crippen LogP contribution < -0.4 is 4.48 Å². The number of hydrogen-bond donors (Lipinski definition) is 0. The van der Waals surface area contributed by atoms with Crippen LogP contribution in [-0.2, 0) is 4.79 Å². The van der Waals surface area contributed by atoms with E-state index in [1.807, 2.05) is 6.07 Å². The zero-order valence-corrected chi connectivity index (χ0v) is 12.7. The van der Waals surface area contributed by atoms with Crippen LogP contribution in [0.4, 0.5) is 5.69 Å². The van der Waals surface area contributed by atoms with Gasteiger partial charge in [0.2, 0.25) is 5.78 Å². The first-order chi connectivity index (χ1) is 10.7. The smallest absolute Gasteiger partial charge is 0.213 e. The highest BCUT2D eigenvalue weighted by Gasteiger charge is 2.57. The number of hydrogen-bond acceptors (Lipinski definition) is 1. The molecule has 1 fully saturated rings. The third-order valence-electron chi connectivity index (χ3n) is 5.48. The van der Waals surface area contributed by atoms with Gasteiger partial charge in [0, 0.05) is 12.3 Å². The average Bonchev–Trinajstić information content (AvgIpc) is 2.75. The Kier molecular flexibility index (Phi) is 3.02. The molecule has 2 heterocycles. The van der Waals surface area contributed by atoms with Crippen molar-refractivity contribution in [3.05, 3.63) is 78.4 Å². The van der Waals surface area contributed by atoms with Crippen LogP contribution in [0.2, 0.25) is 0 Å². The predicted octanol–water partition coefficient (Wildman–Crippen LogP) is 3.69. The van der Waals surface area contributed by atoms with Crippen molar-refractivity contribution in [2.75, 3.05) is 7.05 Å². The first-order valence-electron chi connectivity index (χ1n) is 7.90. The van der Waals surface area contributed by atoms with E-state index in [9.17, 15) is 4.79 Å². The van der Waals surface area contributed by atoms with Gasteiger partial charge >= 0.3 is 0 Å². The Bertz CT molecular complexity index is 722. The predicted molar refractivity (Wildman–Crippen MR) is 89.7 cm³/mol. The molecule has 110 valence electrons. The topological polar surface area (TPSA) is 17.1 Å². The minimum absolute atomic E-state index is 0.0302. The molecular formula is C20H20NO+. The van der Waals surface area contributed by atoms with E-state index in [4.69, 9.17) is 0 Å². The number of quaternary nitrogens is 1. The van der Waals surface area contributed by atoms with E-state index < -0.39 is 0 Å². The van der Waals surface area contributed by atoms with Crippen LogP contribution in [0.5, 0.6) is 0 Å². The molecule has 2 bridgehead atoms. The fourth-order valence-electron chi connectivity index (χ4n) is 4.31. The lowest BCUT2D eigenvalue weighted by Gasteiger charge is -2.41. The molecule has 0 N–H and O–H groups in total. The fraction of sp³-hybridized carbons (Fsp3) is 0.250. The highest BCUT2D eigenvalue weighted by Crippen LogP contribution is 2.48. The Morgan fingerprint density at radius 3 is 2.27 bits per heavy atom. The van der Waals surface area contributed by atoms with Crippen molar-refractivity contribution < 1.29 is 4.79 Å². The highest BCUT2D eigenvalue weighted by molar-refractivity contribution is 5.98. The largest absolute Gasteiger partial charge is 0.288 e. The molecule has 4 rings (SSSR count). The van der Waals surface area contributed by atoms with Crippen LogP contribution in [-0.4, -0.2) is 24.9 Å². The normalized spacial score (nSPS) is 33.1. The summed E-state index contributed by atoms with van der Waals surface area (Å²) >= 11 is 0. The van der Waals surface area contributed by atoms with Crippen molar-refractivity contribution in [1.29, 1.82) is 0 Å². The number of likely N-dealkylation sites (N-methyl/N-ethyl adjacent to an activating group) is 1. The highest BCUT2D eigenvalue weighted by atomic mass is 16.1. The molecule has 2 aliphatic heterocycles. The van der Waals surface area contributed by atoms with Gasteiger partial charge in [-0.3, -0.25) is 9.28 Å². The number of para-hydroxylation sites is 1. The van der Waals surface area contributed by atoms with Crippen LogP contribution >= 0.6 is 0 Å². The molecule has 0 radical (unpaired) electrons. The van der Waals surface area contributed by atoms with E-state index in [1.165, 1.54) is 11.3 Å². The summed E-state index contributed by atoms with van der Waals surface area (Å²) in [5.74, 6) is 0.667. The van der Waals surface area contributed by atoms with Crippen LogP contribution in [0.1, 0.15) is 17.9 Å². The van der Waals surface area contributed by atoms with Gasteiger partial charge in [-0.15, -0.1) is 0 Å². The third-order valence-corrected chi connectivity index (χ3v) is 5.48. The molecule has 0 amide bonds. The molecule has 2 aliphatic rings. The Balaban J connectivity index is 1.84. The molecule has 2 heteroatoms. The number of nitrogens with zero attached hydrogens (tertiary/aromatic N) is 1. The SMILES string of the molecule is C[N+]1(c2ccccc2)C2C[C@@H](c3ccccc3)C1C=CC2=O. The number of benzene rings is 2.